The Morgan fingerprint density at radius 1 is 1.11 bits per heavy atom. The Bertz CT molecular complexity index is 310. The van der Waals surface area contributed by atoms with Crippen molar-refractivity contribution in [3.63, 3.8) is 0 Å². The third-order valence-corrected chi connectivity index (χ3v) is 3.81. The van der Waals surface area contributed by atoms with Crippen molar-refractivity contribution >= 4 is 5.71 Å². The summed E-state index contributed by atoms with van der Waals surface area (Å²) >= 11 is 0. The molecule has 0 amide bonds. The first-order valence-corrected chi connectivity index (χ1v) is 7.93. The number of hydrogen-bond donors (Lipinski definition) is 0. The third kappa shape index (κ3) is 8.02. The van der Waals surface area contributed by atoms with Gasteiger partial charge in [0.15, 0.2) is 0 Å². The average Bonchev–Trinajstić information content (AvgIpc) is 2.44. The number of rotatable bonds is 9. The van der Waals surface area contributed by atoms with Gasteiger partial charge in [0.05, 0.1) is 5.71 Å². The molecule has 0 aromatic carbocycles. The van der Waals surface area contributed by atoms with Crippen LogP contribution in [0.4, 0.5) is 0 Å². The van der Waals surface area contributed by atoms with E-state index in [4.69, 9.17) is 0 Å². The fourth-order valence-corrected chi connectivity index (χ4v) is 1.92. The summed E-state index contributed by atoms with van der Waals surface area (Å²) < 4.78 is 0. The van der Waals surface area contributed by atoms with Gasteiger partial charge >= 0.3 is 0 Å². The minimum absolute atomic E-state index is 0.638. The molecule has 0 saturated carbocycles. The predicted octanol–water partition coefficient (Wildman–Crippen LogP) is 5.82. The summed E-state index contributed by atoms with van der Waals surface area (Å²) in [6, 6.07) is 0. The fraction of sp³-hybridized carbons (Fsp3) is 0.722. The maximum absolute atomic E-state index is 4.48. The number of aliphatic imine (C=N–C) groups is 1. The van der Waals surface area contributed by atoms with E-state index < -0.39 is 0 Å². The normalized spacial score (nSPS) is 16.9. The molecule has 0 radical (unpaired) electrons. The van der Waals surface area contributed by atoms with Gasteiger partial charge in [0.2, 0.25) is 0 Å². The Kier molecular flexibility index (Phi) is 10.5. The molecule has 1 heteroatoms. The van der Waals surface area contributed by atoms with Crippen molar-refractivity contribution < 1.29 is 0 Å². The lowest BCUT2D eigenvalue weighted by Gasteiger charge is -2.13. The smallest absolute Gasteiger partial charge is 0.0596 e. The van der Waals surface area contributed by atoms with Crippen molar-refractivity contribution in [2.45, 2.75) is 66.7 Å². The largest absolute Gasteiger partial charge is 0.288 e. The SMILES string of the molecule is CCC=CC(=NC)/C(=C\C(C)CC)CCC(C)CC. The summed E-state index contributed by atoms with van der Waals surface area (Å²) in [6.45, 7) is 11.3. The molecule has 110 valence electrons. The molecule has 0 heterocycles. The van der Waals surface area contributed by atoms with Crippen LogP contribution in [0.3, 0.4) is 0 Å². The van der Waals surface area contributed by atoms with Crippen LogP contribution < -0.4 is 0 Å². The minimum atomic E-state index is 0.638. The second-order valence-electron chi connectivity index (χ2n) is 5.55. The lowest BCUT2D eigenvalue weighted by molar-refractivity contribution is 0.517. The molecule has 0 spiro atoms. The van der Waals surface area contributed by atoms with Gasteiger partial charge in [-0.2, -0.15) is 0 Å². The van der Waals surface area contributed by atoms with Crippen LogP contribution in [0.25, 0.3) is 0 Å². The Morgan fingerprint density at radius 2 is 1.79 bits per heavy atom. The second kappa shape index (κ2) is 11.0. The van der Waals surface area contributed by atoms with Crippen LogP contribution in [0.5, 0.6) is 0 Å². The van der Waals surface area contributed by atoms with Gasteiger partial charge in [0.1, 0.15) is 0 Å². The highest BCUT2D eigenvalue weighted by Gasteiger charge is 2.08. The first-order chi connectivity index (χ1) is 9.08. The zero-order chi connectivity index (χ0) is 14.7. The van der Waals surface area contributed by atoms with Crippen LogP contribution in [-0.2, 0) is 0 Å². The van der Waals surface area contributed by atoms with Crippen molar-refractivity contribution in [3.8, 4) is 0 Å². The van der Waals surface area contributed by atoms with Crippen LogP contribution in [0, 0.1) is 11.8 Å². The maximum atomic E-state index is 4.48. The highest BCUT2D eigenvalue weighted by atomic mass is 14.7. The van der Waals surface area contributed by atoms with Gasteiger partial charge in [-0.05, 0) is 42.7 Å². The van der Waals surface area contributed by atoms with E-state index in [2.05, 4.69) is 57.8 Å². The Morgan fingerprint density at radius 3 is 2.26 bits per heavy atom. The zero-order valence-electron chi connectivity index (χ0n) is 13.9. The molecule has 0 aromatic heterocycles. The number of allylic oxidation sites excluding steroid dienone is 4. The van der Waals surface area contributed by atoms with Crippen LogP contribution in [-0.4, -0.2) is 12.8 Å². The standard InChI is InChI=1S/C18H33N/c1-7-10-11-18(19-6)17(14-16(5)9-3)13-12-15(4)8-2/h10-11,14-16H,7-9,12-13H2,1-6H3/b11-10?,17-14-,19-18?. The summed E-state index contributed by atoms with van der Waals surface area (Å²) in [4.78, 5) is 4.48. The minimum Gasteiger partial charge on any atom is -0.288 e. The third-order valence-electron chi connectivity index (χ3n) is 3.81. The lowest BCUT2D eigenvalue weighted by atomic mass is 9.93. The molecule has 0 saturated heterocycles. The molecule has 0 N–H and O–H groups in total. The van der Waals surface area contributed by atoms with E-state index in [-0.39, 0.29) is 0 Å². The molecule has 0 bridgehead atoms. The fourth-order valence-electron chi connectivity index (χ4n) is 1.92. The molecule has 1 nitrogen and oxygen atoms in total. The van der Waals surface area contributed by atoms with Crippen LogP contribution >= 0.6 is 0 Å². The topological polar surface area (TPSA) is 12.4 Å². The average molecular weight is 263 g/mol. The van der Waals surface area contributed by atoms with Crippen molar-refractivity contribution in [3.05, 3.63) is 23.8 Å². The molecule has 2 atom stereocenters. The van der Waals surface area contributed by atoms with Gasteiger partial charge in [-0.3, -0.25) is 4.99 Å². The van der Waals surface area contributed by atoms with Gasteiger partial charge in [-0.25, -0.2) is 0 Å². The molecular formula is C18H33N. The maximum Gasteiger partial charge on any atom is 0.0596 e. The summed E-state index contributed by atoms with van der Waals surface area (Å²) in [6.07, 6.45) is 12.8. The molecule has 0 aliphatic heterocycles. The van der Waals surface area contributed by atoms with Crippen molar-refractivity contribution in [1.29, 1.82) is 0 Å². The highest BCUT2D eigenvalue weighted by Crippen LogP contribution is 2.19. The highest BCUT2D eigenvalue weighted by molar-refractivity contribution is 6.08. The van der Waals surface area contributed by atoms with Crippen molar-refractivity contribution in [2.24, 2.45) is 16.8 Å². The second-order valence-corrected chi connectivity index (χ2v) is 5.55. The molecule has 0 aromatic rings. The van der Waals surface area contributed by atoms with Gasteiger partial charge in [-0.15, -0.1) is 0 Å². The summed E-state index contributed by atoms with van der Waals surface area (Å²) in [5, 5.41) is 0. The molecule has 19 heavy (non-hydrogen) atoms. The molecule has 0 aliphatic carbocycles. The Hall–Kier alpha value is -0.850. The van der Waals surface area contributed by atoms with E-state index in [0.29, 0.717) is 5.92 Å². The summed E-state index contributed by atoms with van der Waals surface area (Å²) in [7, 11) is 1.91. The molecule has 0 rings (SSSR count). The summed E-state index contributed by atoms with van der Waals surface area (Å²) in [5.41, 5.74) is 2.60. The van der Waals surface area contributed by atoms with Gasteiger partial charge in [0, 0.05) is 7.05 Å². The first kappa shape index (κ1) is 18.1. The van der Waals surface area contributed by atoms with Crippen LogP contribution in [0.1, 0.15) is 66.7 Å². The summed E-state index contributed by atoms with van der Waals surface area (Å²) in [5.74, 6) is 1.44. The van der Waals surface area contributed by atoms with E-state index in [1.54, 1.807) is 0 Å². The van der Waals surface area contributed by atoms with E-state index in [1.165, 1.54) is 30.5 Å². The van der Waals surface area contributed by atoms with Gasteiger partial charge < -0.3 is 0 Å². The van der Waals surface area contributed by atoms with Gasteiger partial charge in [-0.1, -0.05) is 59.6 Å². The van der Waals surface area contributed by atoms with E-state index >= 15 is 0 Å². The molecular weight excluding hydrogens is 230 g/mol. The van der Waals surface area contributed by atoms with E-state index in [1.807, 2.05) is 7.05 Å². The van der Waals surface area contributed by atoms with Crippen molar-refractivity contribution in [1.82, 2.24) is 0 Å². The van der Waals surface area contributed by atoms with E-state index in [9.17, 15) is 0 Å². The lowest BCUT2D eigenvalue weighted by Crippen LogP contribution is -2.05. The van der Waals surface area contributed by atoms with Crippen LogP contribution in [0.15, 0.2) is 28.8 Å². The first-order valence-electron chi connectivity index (χ1n) is 7.93. The number of nitrogens with zero attached hydrogens (tertiary/aromatic N) is 1. The predicted molar refractivity (Wildman–Crippen MR) is 89.0 cm³/mol. The molecule has 0 fully saturated rings. The quantitative estimate of drug-likeness (QED) is 0.465. The number of hydrogen-bond acceptors (Lipinski definition) is 1. The van der Waals surface area contributed by atoms with Gasteiger partial charge in [0.25, 0.3) is 0 Å². The Balaban J connectivity index is 4.93. The zero-order valence-corrected chi connectivity index (χ0v) is 13.9. The Labute approximate surface area is 120 Å². The molecule has 0 aliphatic rings. The molecule has 2 unspecified atom stereocenters. The monoisotopic (exact) mass is 263 g/mol. The van der Waals surface area contributed by atoms with E-state index in [0.717, 1.165) is 18.8 Å². The van der Waals surface area contributed by atoms with Crippen LogP contribution in [0.2, 0.25) is 0 Å². The van der Waals surface area contributed by atoms with Crippen molar-refractivity contribution in [2.75, 3.05) is 7.05 Å².